The van der Waals surface area contributed by atoms with Crippen LogP contribution < -0.4 is 5.30 Å². The van der Waals surface area contributed by atoms with Crippen LogP contribution in [-0.2, 0) is 9.98 Å². The van der Waals surface area contributed by atoms with E-state index >= 15 is 0 Å². The summed E-state index contributed by atoms with van der Waals surface area (Å²) in [5.74, 6) is 1.93. The summed E-state index contributed by atoms with van der Waals surface area (Å²) < 4.78 is 12.8. The number of benzene rings is 7. The van der Waals surface area contributed by atoms with Crippen molar-refractivity contribution in [3.63, 3.8) is 0 Å². The van der Waals surface area contributed by atoms with Gasteiger partial charge in [-0.05, 0) is 88.9 Å². The first kappa shape index (κ1) is 37.4. The maximum absolute atomic E-state index is 12.8. The van der Waals surface area contributed by atoms with Crippen LogP contribution in [0.1, 0.15) is 43.2 Å². The minimum absolute atomic E-state index is 0.0785. The number of aromatic nitrogens is 3. The van der Waals surface area contributed by atoms with Crippen LogP contribution >= 0.6 is 7.14 Å². The van der Waals surface area contributed by atoms with Gasteiger partial charge in [-0.2, -0.15) is 0 Å². The average Bonchev–Trinajstić information content (AvgIpc) is 3.29. The highest BCUT2D eigenvalue weighted by molar-refractivity contribution is 7.70. The summed E-state index contributed by atoms with van der Waals surface area (Å²) in [5.41, 5.74) is 12.2. The minimum Gasteiger partial charge on any atom is -0.319 e. The lowest BCUT2D eigenvalue weighted by molar-refractivity contribution is 0.346. The highest BCUT2D eigenvalue weighted by atomic mass is 31.2. The molecule has 58 heavy (non-hydrogen) atoms. The molecule has 0 atom stereocenters. The highest BCUT2D eigenvalue weighted by Gasteiger charge is 2.35. The zero-order valence-electron chi connectivity index (χ0n) is 33.1. The van der Waals surface area contributed by atoms with Crippen LogP contribution in [0.4, 0.5) is 0 Å². The molecule has 0 amide bonds. The molecule has 0 bridgehead atoms. The smallest absolute Gasteiger partial charge is 0.164 e. The maximum atomic E-state index is 12.8. The molecule has 0 aliphatic heterocycles. The summed E-state index contributed by atoms with van der Waals surface area (Å²) in [4.78, 5) is 15.4. The van der Waals surface area contributed by atoms with Gasteiger partial charge in [0.2, 0.25) is 0 Å². The molecule has 284 valence electrons. The lowest BCUT2D eigenvalue weighted by Crippen LogP contribution is -2.30. The van der Waals surface area contributed by atoms with Crippen molar-refractivity contribution >= 4 is 12.4 Å². The molecule has 1 aromatic heterocycles. The van der Waals surface area contributed by atoms with E-state index in [9.17, 15) is 4.57 Å². The quantitative estimate of drug-likeness (QED) is 0.137. The molecule has 0 saturated heterocycles. The lowest BCUT2D eigenvalue weighted by Gasteiger charge is -2.39. The molecule has 1 aliphatic rings. The van der Waals surface area contributed by atoms with Gasteiger partial charge < -0.3 is 4.57 Å². The van der Waals surface area contributed by atoms with Crippen LogP contribution in [0.15, 0.2) is 182 Å². The Labute approximate surface area is 342 Å². The predicted molar refractivity (Wildman–Crippen MR) is 242 cm³/mol. The monoisotopic (exact) mass is 771 g/mol. The third kappa shape index (κ3) is 7.73. The number of hydrogen-bond donors (Lipinski definition) is 0. The molecule has 0 N–H and O–H groups in total. The van der Waals surface area contributed by atoms with Crippen molar-refractivity contribution in [3.8, 4) is 67.5 Å². The Balaban J connectivity index is 1.10. The van der Waals surface area contributed by atoms with Gasteiger partial charge in [-0.25, -0.2) is 15.0 Å². The summed E-state index contributed by atoms with van der Waals surface area (Å²) in [7, 11) is -2.35. The summed E-state index contributed by atoms with van der Waals surface area (Å²) in [6.07, 6.45) is 5.85. The normalized spacial score (nSPS) is 13.9. The maximum Gasteiger partial charge on any atom is 0.164 e. The zero-order chi connectivity index (χ0) is 39.5. The van der Waals surface area contributed by atoms with Gasteiger partial charge in [0.05, 0.1) is 0 Å². The van der Waals surface area contributed by atoms with Gasteiger partial charge in [0.1, 0.15) is 7.14 Å². The predicted octanol–water partition coefficient (Wildman–Crippen LogP) is 13.4. The van der Waals surface area contributed by atoms with Gasteiger partial charge in [0, 0.05) is 27.4 Å². The van der Waals surface area contributed by atoms with Crippen LogP contribution in [0.3, 0.4) is 0 Å². The minimum atomic E-state index is -2.35. The Hall–Kier alpha value is -6.22. The second-order valence-corrected chi connectivity index (χ2v) is 19.1. The van der Waals surface area contributed by atoms with E-state index in [4.69, 9.17) is 15.0 Å². The molecule has 0 unspecified atom stereocenters. The molecule has 4 nitrogen and oxygen atoms in total. The van der Waals surface area contributed by atoms with Crippen molar-refractivity contribution < 1.29 is 4.57 Å². The Kier molecular flexibility index (Phi) is 10.3. The van der Waals surface area contributed by atoms with Gasteiger partial charge in [-0.1, -0.05) is 183 Å². The van der Waals surface area contributed by atoms with Crippen LogP contribution in [0.25, 0.3) is 67.5 Å². The third-order valence-corrected chi connectivity index (χ3v) is 13.3. The van der Waals surface area contributed by atoms with Crippen molar-refractivity contribution in [2.45, 2.75) is 37.5 Å². The Bertz CT molecular complexity index is 2630. The molecule has 9 rings (SSSR count). The van der Waals surface area contributed by atoms with Gasteiger partial charge in [-0.3, -0.25) is 0 Å². The summed E-state index contributed by atoms with van der Waals surface area (Å²) in [6.45, 7) is 3.67. The SMILES string of the molecule is CP(C)(=O)c1cccc(-c2ccc(C3(c4ccc(-c5nc(-c6cccc(-c7ccccc7)c6)nc(-c6cccc(-c7ccccc7)c6)n5)cc4)CCCCC3)cc2)c1. The molecule has 8 aromatic rings. The Morgan fingerprint density at radius 3 is 1.24 bits per heavy atom. The molecule has 0 radical (unpaired) electrons. The van der Waals surface area contributed by atoms with E-state index < -0.39 is 7.14 Å². The van der Waals surface area contributed by atoms with Crippen molar-refractivity contribution in [2.75, 3.05) is 13.3 Å². The van der Waals surface area contributed by atoms with E-state index in [0.29, 0.717) is 17.5 Å². The van der Waals surface area contributed by atoms with Crippen LogP contribution in [0.2, 0.25) is 0 Å². The van der Waals surface area contributed by atoms with Crippen molar-refractivity contribution in [1.82, 2.24) is 15.0 Å². The van der Waals surface area contributed by atoms with Crippen molar-refractivity contribution in [1.29, 1.82) is 0 Å². The van der Waals surface area contributed by atoms with Crippen LogP contribution in [0.5, 0.6) is 0 Å². The molecule has 0 spiro atoms. The lowest BCUT2D eigenvalue weighted by atomic mass is 9.65. The fraction of sp³-hybridized carbons (Fsp3) is 0.151. The Morgan fingerprint density at radius 2 is 0.759 bits per heavy atom. The third-order valence-electron chi connectivity index (χ3n) is 11.7. The van der Waals surface area contributed by atoms with Gasteiger partial charge in [-0.15, -0.1) is 0 Å². The highest BCUT2D eigenvalue weighted by Crippen LogP contribution is 2.46. The number of hydrogen-bond acceptors (Lipinski definition) is 4. The fourth-order valence-electron chi connectivity index (χ4n) is 8.54. The molecule has 1 aliphatic carbocycles. The van der Waals surface area contributed by atoms with Crippen LogP contribution in [-0.4, -0.2) is 28.3 Å². The topological polar surface area (TPSA) is 55.7 Å². The average molecular weight is 772 g/mol. The van der Waals surface area contributed by atoms with Gasteiger partial charge >= 0.3 is 0 Å². The van der Waals surface area contributed by atoms with E-state index in [2.05, 4.69) is 158 Å². The summed E-state index contributed by atoms with van der Waals surface area (Å²) in [5, 5.41) is 0.914. The molecule has 1 saturated carbocycles. The fourth-order valence-corrected chi connectivity index (χ4v) is 9.44. The summed E-state index contributed by atoms with van der Waals surface area (Å²) >= 11 is 0. The summed E-state index contributed by atoms with van der Waals surface area (Å²) in [6, 6.07) is 64.1. The molecular weight excluding hydrogens is 726 g/mol. The second kappa shape index (κ2) is 16.0. The molecule has 1 fully saturated rings. The van der Waals surface area contributed by atoms with E-state index in [0.717, 1.165) is 68.2 Å². The first-order valence-corrected chi connectivity index (χ1v) is 22.9. The molecule has 1 heterocycles. The Morgan fingerprint density at radius 1 is 0.379 bits per heavy atom. The van der Waals surface area contributed by atoms with Gasteiger partial charge in [0.25, 0.3) is 0 Å². The van der Waals surface area contributed by atoms with E-state index in [1.807, 2.05) is 37.6 Å². The van der Waals surface area contributed by atoms with Gasteiger partial charge in [0.15, 0.2) is 17.5 Å². The molecular formula is C53H46N3OP. The number of rotatable bonds is 9. The standard InChI is InChI=1S/C53H46N3OP/c1-58(2,57)49-24-14-21-44(37-49)40-25-29-47(30-26-40)53(33-10-5-11-34-53)48-31-27-41(28-32-48)50-54-51(45-22-12-19-42(35-45)38-15-6-3-7-16-38)56-52(55-50)46-23-13-20-43(36-46)39-17-8-4-9-18-39/h3-4,6-9,12-32,35-37H,5,10-11,33-34H2,1-2H3. The zero-order valence-corrected chi connectivity index (χ0v) is 33.9. The first-order valence-electron chi connectivity index (χ1n) is 20.3. The number of nitrogens with zero attached hydrogens (tertiary/aromatic N) is 3. The molecule has 7 aromatic carbocycles. The molecule has 5 heteroatoms. The largest absolute Gasteiger partial charge is 0.319 e. The van der Waals surface area contributed by atoms with E-state index in [1.54, 1.807) is 0 Å². The first-order chi connectivity index (χ1) is 28.3. The van der Waals surface area contributed by atoms with Crippen molar-refractivity contribution in [2.24, 2.45) is 0 Å². The second-order valence-electron chi connectivity index (χ2n) is 15.9. The van der Waals surface area contributed by atoms with E-state index in [1.165, 1.54) is 30.4 Å². The van der Waals surface area contributed by atoms with E-state index in [-0.39, 0.29) is 5.41 Å². The van der Waals surface area contributed by atoms with Crippen LogP contribution in [0, 0.1) is 0 Å². The van der Waals surface area contributed by atoms with Crippen molar-refractivity contribution in [3.05, 3.63) is 193 Å².